The predicted molar refractivity (Wildman–Crippen MR) is 91.2 cm³/mol. The molecule has 134 valence electrons. The van der Waals surface area contributed by atoms with E-state index in [1.165, 1.54) is 4.68 Å². The highest BCUT2D eigenvalue weighted by Gasteiger charge is 2.26. The molecule has 2 aliphatic rings. The van der Waals surface area contributed by atoms with Gasteiger partial charge in [0.2, 0.25) is 5.91 Å². The number of amides is 1. The van der Waals surface area contributed by atoms with Gasteiger partial charge in [-0.1, -0.05) is 6.42 Å². The number of rotatable bonds is 3. The number of aryl methyl sites for hydroxylation is 1. The first-order chi connectivity index (χ1) is 12.2. The summed E-state index contributed by atoms with van der Waals surface area (Å²) >= 11 is 0. The highest BCUT2D eigenvalue weighted by atomic mass is 16.2. The Bertz CT molecular complexity index is 791. The highest BCUT2D eigenvalue weighted by Crippen LogP contribution is 2.25. The number of likely N-dealkylation sites (tertiary alicyclic amines) is 1. The summed E-state index contributed by atoms with van der Waals surface area (Å²) in [5.74, 6) is 1.08. The quantitative estimate of drug-likeness (QED) is 0.896. The molecule has 2 aromatic rings. The van der Waals surface area contributed by atoms with E-state index in [9.17, 15) is 9.59 Å². The van der Waals surface area contributed by atoms with E-state index in [0.29, 0.717) is 13.1 Å². The molecule has 0 unspecified atom stereocenters. The maximum Gasteiger partial charge on any atom is 0.346 e. The number of hydrogen-bond acceptors (Lipinski definition) is 4. The molecule has 4 heterocycles. The Kier molecular flexibility index (Phi) is 4.42. The Morgan fingerprint density at radius 2 is 2.16 bits per heavy atom. The third kappa shape index (κ3) is 3.25. The van der Waals surface area contributed by atoms with Crippen molar-refractivity contribution in [2.45, 2.75) is 57.5 Å². The molecule has 0 saturated carbocycles. The number of aromatic nitrogens is 5. The molecule has 25 heavy (non-hydrogen) atoms. The SMILES string of the molecule is O=C(Cn1nc2n(c1=O)CCCCC2)N1CCC[C@H](c2ccn[nH]2)C1. The van der Waals surface area contributed by atoms with E-state index in [-0.39, 0.29) is 24.1 Å². The molecule has 1 fully saturated rings. The minimum absolute atomic E-state index is 0.0282. The summed E-state index contributed by atoms with van der Waals surface area (Å²) in [6.45, 7) is 2.16. The zero-order valence-electron chi connectivity index (χ0n) is 14.4. The van der Waals surface area contributed by atoms with Gasteiger partial charge >= 0.3 is 5.69 Å². The predicted octanol–water partition coefficient (Wildman–Crippen LogP) is 0.900. The lowest BCUT2D eigenvalue weighted by Gasteiger charge is -2.32. The van der Waals surface area contributed by atoms with Crippen LogP contribution in [0.2, 0.25) is 0 Å². The monoisotopic (exact) mass is 344 g/mol. The summed E-state index contributed by atoms with van der Waals surface area (Å²) in [5.41, 5.74) is 0.927. The van der Waals surface area contributed by atoms with Gasteiger partial charge in [-0.2, -0.15) is 10.2 Å². The van der Waals surface area contributed by atoms with E-state index >= 15 is 0 Å². The van der Waals surface area contributed by atoms with Gasteiger partial charge in [-0.05, 0) is 31.7 Å². The van der Waals surface area contributed by atoms with Gasteiger partial charge in [0.05, 0.1) is 0 Å². The van der Waals surface area contributed by atoms with Crippen LogP contribution in [0.1, 0.15) is 49.5 Å². The average molecular weight is 344 g/mol. The van der Waals surface area contributed by atoms with Crippen LogP contribution in [0.5, 0.6) is 0 Å². The van der Waals surface area contributed by atoms with E-state index in [1.807, 2.05) is 11.0 Å². The van der Waals surface area contributed by atoms with E-state index in [0.717, 1.165) is 56.6 Å². The third-order valence-corrected chi connectivity index (χ3v) is 5.30. The van der Waals surface area contributed by atoms with E-state index in [1.54, 1.807) is 10.8 Å². The number of H-pyrrole nitrogens is 1. The van der Waals surface area contributed by atoms with Gasteiger partial charge in [-0.3, -0.25) is 14.5 Å². The molecular weight excluding hydrogens is 320 g/mol. The first-order valence-corrected chi connectivity index (χ1v) is 9.16. The molecular formula is C17H24N6O2. The maximum atomic E-state index is 12.7. The standard InChI is InChI=1S/C17H24N6O2/c24-16(21-9-4-5-13(11-21)14-7-8-18-19-14)12-23-17(25)22-10-3-1-2-6-15(22)20-23/h7-8,13H,1-6,9-12H2,(H,18,19)/t13-/m0/s1. The summed E-state index contributed by atoms with van der Waals surface area (Å²) in [6, 6.07) is 1.97. The van der Waals surface area contributed by atoms with Crippen LogP contribution in [-0.4, -0.2) is 48.4 Å². The second-order valence-corrected chi connectivity index (χ2v) is 7.01. The van der Waals surface area contributed by atoms with Crippen LogP contribution in [0.3, 0.4) is 0 Å². The van der Waals surface area contributed by atoms with E-state index < -0.39 is 0 Å². The van der Waals surface area contributed by atoms with Crippen molar-refractivity contribution in [2.24, 2.45) is 0 Å². The Labute approximate surface area is 145 Å². The number of fused-ring (bicyclic) bond motifs is 1. The van der Waals surface area contributed by atoms with Crippen LogP contribution in [-0.2, 0) is 24.3 Å². The third-order valence-electron chi connectivity index (χ3n) is 5.30. The van der Waals surface area contributed by atoms with Crippen LogP contribution in [0, 0.1) is 0 Å². The Balaban J connectivity index is 1.46. The molecule has 1 saturated heterocycles. The van der Waals surface area contributed by atoms with Crippen molar-refractivity contribution in [1.82, 2.24) is 29.4 Å². The Morgan fingerprint density at radius 1 is 1.24 bits per heavy atom. The van der Waals surface area contributed by atoms with Crippen molar-refractivity contribution in [3.8, 4) is 0 Å². The number of carbonyl (C=O) groups is 1. The lowest BCUT2D eigenvalue weighted by Crippen LogP contribution is -2.42. The molecule has 8 heteroatoms. The van der Waals surface area contributed by atoms with Crippen molar-refractivity contribution in [1.29, 1.82) is 0 Å². The summed E-state index contributed by atoms with van der Waals surface area (Å²) in [5, 5.41) is 11.4. The van der Waals surface area contributed by atoms with Crippen molar-refractivity contribution < 1.29 is 4.79 Å². The zero-order valence-corrected chi connectivity index (χ0v) is 14.4. The molecule has 1 N–H and O–H groups in total. The van der Waals surface area contributed by atoms with Crippen LogP contribution in [0.25, 0.3) is 0 Å². The fourth-order valence-electron chi connectivity index (χ4n) is 3.91. The zero-order chi connectivity index (χ0) is 17.2. The Morgan fingerprint density at radius 3 is 3.00 bits per heavy atom. The molecule has 0 spiro atoms. The molecule has 8 nitrogen and oxygen atoms in total. The first kappa shape index (κ1) is 16.1. The minimum Gasteiger partial charge on any atom is -0.340 e. The fourth-order valence-corrected chi connectivity index (χ4v) is 3.91. The second kappa shape index (κ2) is 6.85. The fraction of sp³-hybridized carbons (Fsp3) is 0.647. The van der Waals surface area contributed by atoms with Crippen molar-refractivity contribution >= 4 is 5.91 Å². The van der Waals surface area contributed by atoms with Crippen LogP contribution in [0.4, 0.5) is 0 Å². The minimum atomic E-state index is -0.146. The molecule has 2 aliphatic heterocycles. The summed E-state index contributed by atoms with van der Waals surface area (Å²) in [7, 11) is 0. The van der Waals surface area contributed by atoms with Gasteiger partial charge in [0.25, 0.3) is 0 Å². The lowest BCUT2D eigenvalue weighted by atomic mass is 9.95. The van der Waals surface area contributed by atoms with Gasteiger partial charge in [0.1, 0.15) is 12.4 Å². The van der Waals surface area contributed by atoms with E-state index in [4.69, 9.17) is 0 Å². The topological polar surface area (TPSA) is 88.8 Å². The first-order valence-electron chi connectivity index (χ1n) is 9.16. The van der Waals surface area contributed by atoms with Gasteiger partial charge in [0, 0.05) is 43.9 Å². The molecule has 4 rings (SSSR count). The average Bonchev–Trinajstić information content (AvgIpc) is 3.19. The van der Waals surface area contributed by atoms with Crippen molar-refractivity contribution in [3.05, 3.63) is 34.3 Å². The summed E-state index contributed by atoms with van der Waals surface area (Å²) < 4.78 is 3.09. The molecule has 1 atom stereocenters. The number of nitrogens with zero attached hydrogens (tertiary/aromatic N) is 5. The van der Waals surface area contributed by atoms with Gasteiger partial charge in [-0.25, -0.2) is 9.48 Å². The van der Waals surface area contributed by atoms with Crippen LogP contribution >= 0.6 is 0 Å². The van der Waals surface area contributed by atoms with Crippen LogP contribution < -0.4 is 5.69 Å². The molecule has 0 aromatic carbocycles. The molecule has 0 radical (unpaired) electrons. The van der Waals surface area contributed by atoms with Gasteiger partial charge < -0.3 is 4.90 Å². The van der Waals surface area contributed by atoms with Gasteiger partial charge in [-0.15, -0.1) is 0 Å². The number of carbonyl (C=O) groups excluding carboxylic acids is 1. The molecule has 0 aliphatic carbocycles. The number of hydrogen-bond donors (Lipinski definition) is 1. The highest BCUT2D eigenvalue weighted by molar-refractivity contribution is 5.76. The smallest absolute Gasteiger partial charge is 0.340 e. The molecule has 2 aromatic heterocycles. The lowest BCUT2D eigenvalue weighted by molar-refractivity contribution is -0.133. The molecule has 1 amide bonds. The number of nitrogens with one attached hydrogen (secondary N) is 1. The molecule has 0 bridgehead atoms. The second-order valence-electron chi connectivity index (χ2n) is 7.01. The van der Waals surface area contributed by atoms with Crippen LogP contribution in [0.15, 0.2) is 17.1 Å². The maximum absolute atomic E-state index is 12.7. The summed E-state index contributed by atoms with van der Waals surface area (Å²) in [6.07, 6.45) is 7.77. The normalized spacial score (nSPS) is 21.0. The van der Waals surface area contributed by atoms with E-state index in [2.05, 4.69) is 15.3 Å². The summed E-state index contributed by atoms with van der Waals surface area (Å²) in [4.78, 5) is 27.1. The number of aromatic amines is 1. The Hall–Kier alpha value is -2.38. The van der Waals surface area contributed by atoms with Crippen molar-refractivity contribution in [3.63, 3.8) is 0 Å². The largest absolute Gasteiger partial charge is 0.346 e. The van der Waals surface area contributed by atoms with Crippen molar-refractivity contribution in [2.75, 3.05) is 13.1 Å². The van der Waals surface area contributed by atoms with Gasteiger partial charge in [0.15, 0.2) is 0 Å². The number of piperidine rings is 1.